The number of benzene rings is 2. The van der Waals surface area contributed by atoms with Crippen molar-refractivity contribution in [3.05, 3.63) is 65.0 Å². The van der Waals surface area contributed by atoms with Crippen molar-refractivity contribution in [1.82, 2.24) is 4.90 Å². The second-order valence-corrected chi connectivity index (χ2v) is 4.63. The van der Waals surface area contributed by atoms with Crippen LogP contribution in [0.5, 0.6) is 0 Å². The Kier molecular flexibility index (Phi) is 4.16. The Morgan fingerprint density at radius 2 is 1.67 bits per heavy atom. The highest BCUT2D eigenvalue weighted by Gasteiger charge is 2.21. The number of carbonyl (C=O) groups is 1. The van der Waals surface area contributed by atoms with Crippen LogP contribution < -0.4 is 5.73 Å². The minimum Gasteiger partial charge on any atom is -0.399 e. The summed E-state index contributed by atoms with van der Waals surface area (Å²) in [6.45, 7) is 0.192. The third-order valence-corrected chi connectivity index (χ3v) is 3.01. The van der Waals surface area contributed by atoms with E-state index in [0.29, 0.717) is 5.69 Å². The molecule has 0 atom stereocenters. The van der Waals surface area contributed by atoms with Gasteiger partial charge in [-0.15, -0.1) is 0 Å². The van der Waals surface area contributed by atoms with Gasteiger partial charge in [-0.05, 0) is 29.8 Å². The Balaban J connectivity index is 2.20. The van der Waals surface area contributed by atoms with E-state index in [4.69, 9.17) is 5.73 Å². The van der Waals surface area contributed by atoms with Crippen molar-refractivity contribution in [1.29, 1.82) is 0 Å². The van der Waals surface area contributed by atoms with Crippen molar-refractivity contribution in [3.8, 4) is 0 Å². The molecule has 2 rings (SSSR count). The molecule has 0 unspecified atom stereocenters. The van der Waals surface area contributed by atoms with Crippen LogP contribution in [-0.2, 0) is 6.54 Å². The molecule has 0 heterocycles. The van der Waals surface area contributed by atoms with Gasteiger partial charge < -0.3 is 10.6 Å². The number of carbonyl (C=O) groups excluding carboxylic acids is 1. The quantitative estimate of drug-likeness (QED) is 0.699. The molecular weight excluding hydrogens is 281 g/mol. The summed E-state index contributed by atoms with van der Waals surface area (Å²) >= 11 is 0. The highest BCUT2D eigenvalue weighted by Crippen LogP contribution is 2.17. The van der Waals surface area contributed by atoms with Crippen LogP contribution in [0.15, 0.2) is 36.4 Å². The lowest BCUT2D eigenvalue weighted by atomic mass is 10.1. The monoisotopic (exact) mass is 294 g/mol. The van der Waals surface area contributed by atoms with Crippen LogP contribution in [0.25, 0.3) is 0 Å². The van der Waals surface area contributed by atoms with Crippen molar-refractivity contribution in [2.45, 2.75) is 6.54 Å². The predicted octanol–water partition coefficient (Wildman–Crippen LogP) is 2.96. The molecule has 0 bridgehead atoms. The molecule has 0 aliphatic heterocycles. The van der Waals surface area contributed by atoms with E-state index >= 15 is 0 Å². The third-order valence-electron chi connectivity index (χ3n) is 3.01. The maximum absolute atomic E-state index is 13.6. The zero-order chi connectivity index (χ0) is 15.6. The number of amides is 1. The number of nitrogens with two attached hydrogens (primary N) is 1. The number of hydrogen-bond acceptors (Lipinski definition) is 2. The van der Waals surface area contributed by atoms with Crippen molar-refractivity contribution in [2.75, 3.05) is 12.8 Å². The van der Waals surface area contributed by atoms with Gasteiger partial charge >= 0.3 is 0 Å². The van der Waals surface area contributed by atoms with Crippen LogP contribution in [0.1, 0.15) is 15.9 Å². The van der Waals surface area contributed by atoms with E-state index in [-0.39, 0.29) is 6.54 Å². The zero-order valence-corrected chi connectivity index (χ0v) is 11.2. The fraction of sp³-hybridized carbons (Fsp3) is 0.133. The van der Waals surface area contributed by atoms with Crippen LogP contribution in [-0.4, -0.2) is 17.9 Å². The molecule has 110 valence electrons. The van der Waals surface area contributed by atoms with Gasteiger partial charge in [0.25, 0.3) is 5.91 Å². The maximum Gasteiger partial charge on any atom is 0.256 e. The highest BCUT2D eigenvalue weighted by atomic mass is 19.2. The van der Waals surface area contributed by atoms with E-state index in [1.54, 1.807) is 24.3 Å². The number of halogens is 3. The van der Waals surface area contributed by atoms with Gasteiger partial charge in [-0.25, -0.2) is 13.2 Å². The number of rotatable bonds is 3. The number of hydrogen-bond donors (Lipinski definition) is 1. The molecule has 1 amide bonds. The molecule has 2 aromatic carbocycles. The lowest BCUT2D eigenvalue weighted by Gasteiger charge is -2.18. The molecule has 0 saturated heterocycles. The molecule has 2 N–H and O–H groups in total. The summed E-state index contributed by atoms with van der Waals surface area (Å²) in [4.78, 5) is 13.3. The van der Waals surface area contributed by atoms with Gasteiger partial charge in [-0.2, -0.15) is 0 Å². The van der Waals surface area contributed by atoms with Crippen molar-refractivity contribution in [3.63, 3.8) is 0 Å². The largest absolute Gasteiger partial charge is 0.399 e. The third kappa shape index (κ3) is 3.16. The van der Waals surface area contributed by atoms with E-state index in [1.807, 2.05) is 0 Å². The molecule has 3 nitrogen and oxygen atoms in total. The van der Waals surface area contributed by atoms with Crippen LogP contribution in [0.2, 0.25) is 0 Å². The molecule has 0 radical (unpaired) electrons. The summed E-state index contributed by atoms with van der Waals surface area (Å²) in [6, 6.07) is 8.44. The number of nitrogen functional groups attached to an aromatic ring is 1. The summed E-state index contributed by atoms with van der Waals surface area (Å²) in [5, 5.41) is 0. The first-order chi connectivity index (χ1) is 9.90. The second kappa shape index (κ2) is 5.87. The van der Waals surface area contributed by atoms with E-state index < -0.39 is 28.9 Å². The summed E-state index contributed by atoms with van der Waals surface area (Å²) in [5.74, 6) is -5.20. The van der Waals surface area contributed by atoms with Gasteiger partial charge in [0.05, 0.1) is 5.56 Å². The Hall–Kier alpha value is -2.50. The molecule has 6 heteroatoms. The summed E-state index contributed by atoms with van der Waals surface area (Å²) < 4.78 is 39.6. The molecule has 0 aliphatic rings. The second-order valence-electron chi connectivity index (χ2n) is 4.63. The molecule has 0 aliphatic carbocycles. The number of nitrogens with zero attached hydrogens (tertiary/aromatic N) is 1. The summed E-state index contributed by atoms with van der Waals surface area (Å²) in [6.07, 6.45) is 0. The molecule has 2 aromatic rings. The molecular formula is C15H13F3N2O. The van der Waals surface area contributed by atoms with Crippen LogP contribution in [0.3, 0.4) is 0 Å². The Labute approximate surface area is 119 Å². The average molecular weight is 294 g/mol. The first-order valence-electron chi connectivity index (χ1n) is 6.13. The van der Waals surface area contributed by atoms with Gasteiger partial charge in [0.15, 0.2) is 17.5 Å². The molecule has 0 fully saturated rings. The summed E-state index contributed by atoms with van der Waals surface area (Å²) in [7, 11) is 1.44. The van der Waals surface area contributed by atoms with Crippen LogP contribution >= 0.6 is 0 Å². The minimum atomic E-state index is -1.65. The molecule has 21 heavy (non-hydrogen) atoms. The van der Waals surface area contributed by atoms with Gasteiger partial charge in [-0.1, -0.05) is 12.1 Å². The fourth-order valence-corrected chi connectivity index (χ4v) is 1.87. The standard InChI is InChI=1S/C15H13F3N2O/c1-20(8-9-2-4-10(19)5-3-9)15(21)11-6-7-12(16)14(18)13(11)17/h2-7H,8,19H2,1H3. The van der Waals surface area contributed by atoms with E-state index in [2.05, 4.69) is 0 Å². The molecule has 0 spiro atoms. The summed E-state index contributed by atoms with van der Waals surface area (Å²) in [5.41, 5.74) is 6.41. The molecule has 0 aromatic heterocycles. The number of anilines is 1. The SMILES string of the molecule is CN(Cc1ccc(N)cc1)C(=O)c1ccc(F)c(F)c1F. The normalized spacial score (nSPS) is 10.5. The van der Waals surface area contributed by atoms with Gasteiger partial charge in [-0.3, -0.25) is 4.79 Å². The Morgan fingerprint density at radius 1 is 1.05 bits per heavy atom. The van der Waals surface area contributed by atoms with Crippen molar-refractivity contribution in [2.24, 2.45) is 0 Å². The lowest BCUT2D eigenvalue weighted by molar-refractivity contribution is 0.0779. The maximum atomic E-state index is 13.6. The first-order valence-corrected chi connectivity index (χ1v) is 6.13. The van der Waals surface area contributed by atoms with E-state index in [1.165, 1.54) is 11.9 Å². The van der Waals surface area contributed by atoms with Crippen molar-refractivity contribution >= 4 is 11.6 Å². The fourth-order valence-electron chi connectivity index (χ4n) is 1.87. The lowest BCUT2D eigenvalue weighted by Crippen LogP contribution is -2.27. The van der Waals surface area contributed by atoms with Crippen molar-refractivity contribution < 1.29 is 18.0 Å². The predicted molar refractivity (Wildman–Crippen MR) is 73.0 cm³/mol. The zero-order valence-electron chi connectivity index (χ0n) is 11.2. The van der Waals surface area contributed by atoms with Gasteiger partial charge in [0.1, 0.15) is 0 Å². The minimum absolute atomic E-state index is 0.192. The first kappa shape index (κ1) is 14.9. The topological polar surface area (TPSA) is 46.3 Å². The van der Waals surface area contributed by atoms with Gasteiger partial charge in [0.2, 0.25) is 0 Å². The van der Waals surface area contributed by atoms with E-state index in [9.17, 15) is 18.0 Å². The highest BCUT2D eigenvalue weighted by molar-refractivity contribution is 5.94. The molecule has 0 saturated carbocycles. The smallest absolute Gasteiger partial charge is 0.256 e. The Morgan fingerprint density at radius 3 is 2.29 bits per heavy atom. The van der Waals surface area contributed by atoms with Crippen LogP contribution in [0, 0.1) is 17.5 Å². The van der Waals surface area contributed by atoms with Gasteiger partial charge in [0, 0.05) is 19.3 Å². The van der Waals surface area contributed by atoms with E-state index in [0.717, 1.165) is 17.7 Å². The average Bonchev–Trinajstić information content (AvgIpc) is 2.46. The van der Waals surface area contributed by atoms with Crippen LogP contribution in [0.4, 0.5) is 18.9 Å². The Bertz CT molecular complexity index is 671.